The minimum atomic E-state index is -1.33. The molecule has 2 fully saturated rings. The van der Waals surface area contributed by atoms with Gasteiger partial charge in [-0.1, -0.05) is 13.3 Å². The number of ketones is 1. The van der Waals surface area contributed by atoms with Crippen LogP contribution in [0.4, 0.5) is 0 Å². The van der Waals surface area contributed by atoms with E-state index in [0.717, 1.165) is 12.8 Å². The van der Waals surface area contributed by atoms with Crippen LogP contribution in [0.1, 0.15) is 46.5 Å². The largest absolute Gasteiger partial charge is 0.459 e. The van der Waals surface area contributed by atoms with Gasteiger partial charge >= 0.3 is 11.9 Å². The Morgan fingerprint density at radius 3 is 2.67 bits per heavy atom. The molecule has 6 nitrogen and oxygen atoms in total. The van der Waals surface area contributed by atoms with E-state index in [0.29, 0.717) is 6.61 Å². The van der Waals surface area contributed by atoms with Crippen molar-refractivity contribution in [2.24, 2.45) is 5.41 Å². The molecule has 0 amide bonds. The van der Waals surface area contributed by atoms with E-state index in [2.05, 4.69) is 6.92 Å². The monoisotopic (exact) mass is 298 g/mol. The van der Waals surface area contributed by atoms with Crippen LogP contribution >= 0.6 is 0 Å². The Morgan fingerprint density at radius 2 is 2.10 bits per heavy atom. The second-order valence-electron chi connectivity index (χ2n) is 6.10. The fraction of sp³-hybridized carbons (Fsp3) is 0.800. The molecule has 0 radical (unpaired) electrons. The van der Waals surface area contributed by atoms with E-state index < -0.39 is 29.1 Å². The highest BCUT2D eigenvalue weighted by atomic mass is 16.6. The third-order valence-corrected chi connectivity index (χ3v) is 4.28. The fourth-order valence-corrected chi connectivity index (χ4v) is 2.83. The summed E-state index contributed by atoms with van der Waals surface area (Å²) in [4.78, 5) is 35.9. The molecule has 21 heavy (non-hydrogen) atoms. The molecule has 118 valence electrons. The zero-order valence-corrected chi connectivity index (χ0v) is 12.8. The summed E-state index contributed by atoms with van der Waals surface area (Å²) in [6.07, 6.45) is 1.79. The van der Waals surface area contributed by atoms with E-state index in [-0.39, 0.29) is 25.2 Å². The van der Waals surface area contributed by atoms with Gasteiger partial charge in [0, 0.05) is 19.4 Å². The van der Waals surface area contributed by atoms with Gasteiger partial charge < -0.3 is 14.2 Å². The zero-order valence-electron chi connectivity index (χ0n) is 12.8. The third-order valence-electron chi connectivity index (χ3n) is 4.28. The summed E-state index contributed by atoms with van der Waals surface area (Å²) in [5, 5.41) is 0. The molecule has 2 aliphatic rings. The molecule has 0 aromatic carbocycles. The fourth-order valence-electron chi connectivity index (χ4n) is 2.83. The summed E-state index contributed by atoms with van der Waals surface area (Å²) in [5.41, 5.74) is -2.56. The standard InChI is InChI=1S/C15H22O6/c1-4-5-6-19-8-11-7-15(12(17)20-11)9-14(3,10(2)16)21-13(15)18/h11H,4-9H2,1-3H3. The van der Waals surface area contributed by atoms with Crippen LogP contribution in [-0.4, -0.2) is 42.6 Å². The van der Waals surface area contributed by atoms with Crippen LogP contribution in [0.5, 0.6) is 0 Å². The van der Waals surface area contributed by atoms with Gasteiger partial charge in [-0.2, -0.15) is 0 Å². The number of esters is 2. The molecule has 2 heterocycles. The normalized spacial score (nSPS) is 35.1. The summed E-state index contributed by atoms with van der Waals surface area (Å²) in [6, 6.07) is 0. The maximum atomic E-state index is 12.1. The van der Waals surface area contributed by atoms with Crippen molar-refractivity contribution in [2.75, 3.05) is 13.2 Å². The van der Waals surface area contributed by atoms with Crippen LogP contribution in [0.25, 0.3) is 0 Å². The molecule has 3 atom stereocenters. The number of carbonyl (C=O) groups is 3. The second kappa shape index (κ2) is 5.75. The van der Waals surface area contributed by atoms with Gasteiger partial charge in [0.2, 0.25) is 0 Å². The minimum Gasteiger partial charge on any atom is -0.459 e. The van der Waals surface area contributed by atoms with Crippen LogP contribution in [0.15, 0.2) is 0 Å². The predicted molar refractivity (Wildman–Crippen MR) is 72.5 cm³/mol. The van der Waals surface area contributed by atoms with Crippen molar-refractivity contribution in [1.29, 1.82) is 0 Å². The number of unbranched alkanes of at least 4 members (excludes halogenated alkanes) is 1. The molecule has 0 saturated carbocycles. The van der Waals surface area contributed by atoms with Crippen LogP contribution in [-0.2, 0) is 28.6 Å². The van der Waals surface area contributed by atoms with Crippen LogP contribution in [0.3, 0.4) is 0 Å². The van der Waals surface area contributed by atoms with Gasteiger partial charge in [0.25, 0.3) is 0 Å². The lowest BCUT2D eigenvalue weighted by molar-refractivity contribution is -0.162. The molecular formula is C15H22O6. The second-order valence-corrected chi connectivity index (χ2v) is 6.10. The number of rotatable bonds is 6. The van der Waals surface area contributed by atoms with Crippen molar-refractivity contribution in [3.8, 4) is 0 Å². The first-order valence-corrected chi connectivity index (χ1v) is 7.37. The molecule has 0 aromatic heterocycles. The van der Waals surface area contributed by atoms with Gasteiger partial charge in [-0.3, -0.25) is 14.4 Å². The number of carbonyl (C=O) groups excluding carboxylic acids is 3. The molecule has 3 unspecified atom stereocenters. The maximum Gasteiger partial charge on any atom is 0.324 e. The molecule has 0 bridgehead atoms. The Bertz CT molecular complexity index is 459. The Kier molecular flexibility index (Phi) is 4.37. The van der Waals surface area contributed by atoms with E-state index >= 15 is 0 Å². The van der Waals surface area contributed by atoms with Crippen LogP contribution < -0.4 is 0 Å². The van der Waals surface area contributed by atoms with Crippen molar-refractivity contribution in [1.82, 2.24) is 0 Å². The first-order chi connectivity index (χ1) is 9.84. The molecule has 0 N–H and O–H groups in total. The Balaban J connectivity index is 2.02. The summed E-state index contributed by atoms with van der Waals surface area (Å²) < 4.78 is 15.9. The smallest absolute Gasteiger partial charge is 0.324 e. The van der Waals surface area contributed by atoms with Crippen molar-refractivity contribution in [3.63, 3.8) is 0 Å². The summed E-state index contributed by atoms with van der Waals surface area (Å²) in [6.45, 7) is 5.84. The highest BCUT2D eigenvalue weighted by Gasteiger charge is 2.65. The first-order valence-electron chi connectivity index (χ1n) is 7.37. The van der Waals surface area contributed by atoms with E-state index in [1.54, 1.807) is 6.92 Å². The number of ether oxygens (including phenoxy) is 3. The number of Topliss-reactive ketones (excluding diaryl/α,β-unsaturated/α-hetero) is 1. The van der Waals surface area contributed by atoms with E-state index in [9.17, 15) is 14.4 Å². The summed E-state index contributed by atoms with van der Waals surface area (Å²) in [5.74, 6) is -1.51. The third kappa shape index (κ3) is 2.81. The molecule has 2 aliphatic heterocycles. The van der Waals surface area contributed by atoms with Crippen LogP contribution in [0.2, 0.25) is 0 Å². The van der Waals surface area contributed by atoms with Gasteiger partial charge in [0.1, 0.15) is 6.10 Å². The molecule has 0 aliphatic carbocycles. The van der Waals surface area contributed by atoms with Crippen LogP contribution in [0, 0.1) is 5.41 Å². The molecule has 2 rings (SSSR count). The Hall–Kier alpha value is -1.43. The zero-order chi connectivity index (χ0) is 15.7. The average molecular weight is 298 g/mol. The summed E-state index contributed by atoms with van der Waals surface area (Å²) >= 11 is 0. The first kappa shape index (κ1) is 15.9. The van der Waals surface area contributed by atoms with Gasteiger partial charge in [0.05, 0.1) is 6.61 Å². The minimum absolute atomic E-state index is 0.0540. The Morgan fingerprint density at radius 1 is 1.38 bits per heavy atom. The molecule has 0 aromatic rings. The van der Waals surface area contributed by atoms with Crippen molar-refractivity contribution in [2.45, 2.75) is 58.2 Å². The topological polar surface area (TPSA) is 78.9 Å². The van der Waals surface area contributed by atoms with Crippen molar-refractivity contribution < 1.29 is 28.6 Å². The highest BCUT2D eigenvalue weighted by molar-refractivity contribution is 6.06. The lowest BCUT2D eigenvalue weighted by Gasteiger charge is -2.18. The lowest BCUT2D eigenvalue weighted by atomic mass is 9.77. The van der Waals surface area contributed by atoms with Gasteiger partial charge in [-0.05, 0) is 20.3 Å². The number of hydrogen-bond donors (Lipinski definition) is 0. The molecular weight excluding hydrogens is 276 g/mol. The van der Waals surface area contributed by atoms with Crippen molar-refractivity contribution >= 4 is 17.7 Å². The molecule has 1 spiro atoms. The van der Waals surface area contributed by atoms with E-state index in [1.807, 2.05) is 0 Å². The highest BCUT2D eigenvalue weighted by Crippen LogP contribution is 2.48. The number of hydrogen-bond acceptors (Lipinski definition) is 6. The number of cyclic esters (lactones) is 2. The van der Waals surface area contributed by atoms with E-state index in [1.165, 1.54) is 6.92 Å². The van der Waals surface area contributed by atoms with Crippen molar-refractivity contribution in [3.05, 3.63) is 0 Å². The van der Waals surface area contributed by atoms with Gasteiger partial charge in [-0.15, -0.1) is 0 Å². The predicted octanol–water partition coefficient (Wildman–Crippen LogP) is 1.40. The quantitative estimate of drug-likeness (QED) is 0.419. The SMILES string of the molecule is CCCCOCC1CC2(CC(C)(C(C)=O)OC2=O)C(=O)O1. The Labute approximate surface area is 124 Å². The van der Waals surface area contributed by atoms with Gasteiger partial charge in [-0.25, -0.2) is 0 Å². The molecule has 6 heteroatoms. The van der Waals surface area contributed by atoms with E-state index in [4.69, 9.17) is 14.2 Å². The van der Waals surface area contributed by atoms with Gasteiger partial charge in [0.15, 0.2) is 16.8 Å². The average Bonchev–Trinajstić information content (AvgIpc) is 2.85. The summed E-state index contributed by atoms with van der Waals surface area (Å²) in [7, 11) is 0. The molecule has 2 saturated heterocycles. The maximum absolute atomic E-state index is 12.1. The lowest BCUT2D eigenvalue weighted by Crippen LogP contribution is -2.35.